The fourth-order valence-corrected chi connectivity index (χ4v) is 3.60. The number of halogens is 1. The van der Waals surface area contributed by atoms with Crippen LogP contribution in [0.5, 0.6) is 11.5 Å². The molecule has 2 aromatic carbocycles. The van der Waals surface area contributed by atoms with E-state index in [0.717, 1.165) is 16.6 Å². The Balaban J connectivity index is 0.00000312. The average Bonchev–Trinajstić information content (AvgIpc) is 2.54. The Morgan fingerprint density at radius 2 is 1.96 bits per heavy atom. The van der Waals surface area contributed by atoms with Crippen LogP contribution in [0.3, 0.4) is 0 Å². The summed E-state index contributed by atoms with van der Waals surface area (Å²) in [5.74, 6) is 1.81. The van der Waals surface area contributed by atoms with Crippen molar-refractivity contribution < 1.29 is 14.3 Å². The quantitative estimate of drug-likeness (QED) is 0.532. The molecule has 1 radical (unpaired) electrons. The van der Waals surface area contributed by atoms with Crippen molar-refractivity contribution in [3.05, 3.63) is 52.5 Å². The molecule has 0 amide bonds. The van der Waals surface area contributed by atoms with Crippen molar-refractivity contribution in [3.8, 4) is 11.5 Å². The molecule has 0 saturated carbocycles. The summed E-state index contributed by atoms with van der Waals surface area (Å²) >= 11 is 6.19. The van der Waals surface area contributed by atoms with Crippen LogP contribution >= 0.6 is 20.2 Å². The van der Waals surface area contributed by atoms with E-state index in [9.17, 15) is 4.79 Å². The third kappa shape index (κ3) is 6.05. The fourth-order valence-electron chi connectivity index (χ4n) is 2.21. The Bertz CT molecular complexity index is 735. The van der Waals surface area contributed by atoms with Crippen LogP contribution in [0.15, 0.2) is 36.4 Å². The monoisotopic (exact) mass is 371 g/mol. The van der Waals surface area contributed by atoms with Gasteiger partial charge in [-0.2, -0.15) is 0 Å². The van der Waals surface area contributed by atoms with Crippen molar-refractivity contribution in [3.63, 3.8) is 0 Å². The van der Waals surface area contributed by atoms with Crippen LogP contribution in [0.2, 0.25) is 5.02 Å². The van der Waals surface area contributed by atoms with Crippen molar-refractivity contribution in [1.29, 1.82) is 0 Å². The average molecular weight is 372 g/mol. The maximum absolute atomic E-state index is 12.7. The van der Waals surface area contributed by atoms with Gasteiger partial charge in [-0.3, -0.25) is 4.79 Å². The molecule has 0 bridgehead atoms. The standard InChI is InChI=1S/C19H22ClO3P.Li/c1-12(2)11-23-14-8-9-17(13(3)10-14)24-19(21)18-15(20)6-5-7-16(18)22-4;/h5-10,12,24H,11H2,1-4H3;. The summed E-state index contributed by atoms with van der Waals surface area (Å²) in [5, 5.41) is 1.40. The largest absolute Gasteiger partial charge is 0.496 e. The predicted molar refractivity (Wildman–Crippen MR) is 108 cm³/mol. The predicted octanol–water partition coefficient (Wildman–Crippen LogP) is 4.46. The first-order valence-corrected chi connectivity index (χ1v) is 9.17. The van der Waals surface area contributed by atoms with Gasteiger partial charge in [0.25, 0.3) is 0 Å². The summed E-state index contributed by atoms with van der Waals surface area (Å²) in [6.07, 6.45) is 0. The second-order valence-electron chi connectivity index (χ2n) is 5.95. The minimum Gasteiger partial charge on any atom is -0.496 e. The van der Waals surface area contributed by atoms with E-state index < -0.39 is 0 Å². The molecule has 6 heteroatoms. The topological polar surface area (TPSA) is 35.5 Å². The van der Waals surface area contributed by atoms with Crippen LogP contribution in [0.25, 0.3) is 0 Å². The molecule has 2 aromatic rings. The molecule has 25 heavy (non-hydrogen) atoms. The molecule has 0 heterocycles. The van der Waals surface area contributed by atoms with E-state index in [2.05, 4.69) is 13.8 Å². The van der Waals surface area contributed by atoms with E-state index in [1.807, 2.05) is 25.1 Å². The Morgan fingerprint density at radius 3 is 2.56 bits per heavy atom. The molecule has 0 spiro atoms. The third-order valence-electron chi connectivity index (χ3n) is 3.45. The molecule has 2 rings (SSSR count). The number of hydrogen-bond donors (Lipinski definition) is 0. The summed E-state index contributed by atoms with van der Waals surface area (Å²) in [6.45, 7) is 6.88. The van der Waals surface area contributed by atoms with Crippen LogP contribution in [0.4, 0.5) is 0 Å². The van der Waals surface area contributed by atoms with Crippen molar-refractivity contribution in [2.45, 2.75) is 20.8 Å². The maximum atomic E-state index is 12.7. The molecule has 0 aliphatic carbocycles. The molecular weight excluding hydrogens is 350 g/mol. The Hall–Kier alpha value is -0.973. The number of ether oxygens (including phenoxy) is 2. The number of aryl methyl sites for hydroxylation is 1. The summed E-state index contributed by atoms with van der Waals surface area (Å²) in [7, 11) is 1.52. The minimum absolute atomic E-state index is 0. The van der Waals surface area contributed by atoms with Gasteiger partial charge in [-0.1, -0.05) is 37.6 Å². The van der Waals surface area contributed by atoms with Crippen molar-refractivity contribution in [1.82, 2.24) is 0 Å². The van der Waals surface area contributed by atoms with E-state index in [1.165, 1.54) is 7.11 Å². The molecule has 1 unspecified atom stereocenters. The Kier molecular flexibility index (Phi) is 9.04. The van der Waals surface area contributed by atoms with Gasteiger partial charge in [0.1, 0.15) is 11.5 Å². The smallest absolute Gasteiger partial charge is 0.190 e. The molecule has 0 aromatic heterocycles. The Morgan fingerprint density at radius 1 is 1.24 bits per heavy atom. The van der Waals surface area contributed by atoms with Crippen molar-refractivity contribution in [2.75, 3.05) is 13.7 Å². The number of benzene rings is 2. The molecule has 0 aliphatic rings. The van der Waals surface area contributed by atoms with Gasteiger partial charge in [0.2, 0.25) is 0 Å². The number of rotatable bonds is 7. The summed E-state index contributed by atoms with van der Waals surface area (Å²) in [4.78, 5) is 12.7. The molecule has 1 atom stereocenters. The van der Waals surface area contributed by atoms with Gasteiger partial charge in [-0.05, 0) is 56.6 Å². The number of methoxy groups -OCH3 is 1. The van der Waals surface area contributed by atoms with Gasteiger partial charge in [-0.25, -0.2) is 0 Å². The minimum atomic E-state index is -0.0311. The van der Waals surface area contributed by atoms with Crippen LogP contribution in [0, 0.1) is 12.8 Å². The Labute approximate surface area is 168 Å². The molecule has 0 fully saturated rings. The first-order valence-electron chi connectivity index (χ1n) is 7.79. The summed E-state index contributed by atoms with van der Waals surface area (Å²) < 4.78 is 11.0. The van der Waals surface area contributed by atoms with Gasteiger partial charge >= 0.3 is 0 Å². The normalized spacial score (nSPS) is 10.8. The van der Waals surface area contributed by atoms with E-state index >= 15 is 0 Å². The molecule has 0 aliphatic heterocycles. The van der Waals surface area contributed by atoms with Crippen LogP contribution in [-0.4, -0.2) is 38.1 Å². The van der Waals surface area contributed by atoms with Crippen molar-refractivity contribution >= 4 is 49.9 Å². The van der Waals surface area contributed by atoms with Crippen LogP contribution in [0.1, 0.15) is 29.8 Å². The first-order chi connectivity index (χ1) is 11.4. The molecule has 0 saturated heterocycles. The fraction of sp³-hybridized carbons (Fsp3) is 0.316. The number of hydrogen-bond acceptors (Lipinski definition) is 3. The second kappa shape index (κ2) is 10.2. The van der Waals surface area contributed by atoms with Gasteiger partial charge in [0, 0.05) is 18.9 Å². The molecule has 129 valence electrons. The second-order valence-corrected chi connectivity index (χ2v) is 7.60. The number of carbonyl (C=O) groups is 1. The maximum Gasteiger partial charge on any atom is 0.190 e. The first kappa shape index (κ1) is 22.1. The van der Waals surface area contributed by atoms with E-state index in [4.69, 9.17) is 21.1 Å². The molecule has 3 nitrogen and oxygen atoms in total. The zero-order valence-corrected chi connectivity index (χ0v) is 17.1. The van der Waals surface area contributed by atoms with E-state index in [0.29, 0.717) is 28.9 Å². The third-order valence-corrected chi connectivity index (χ3v) is 5.07. The zero-order valence-electron chi connectivity index (χ0n) is 15.4. The summed E-state index contributed by atoms with van der Waals surface area (Å²) in [5.41, 5.74) is 1.45. The van der Waals surface area contributed by atoms with E-state index in [-0.39, 0.29) is 33.0 Å². The van der Waals surface area contributed by atoms with Gasteiger partial charge in [0.05, 0.1) is 24.3 Å². The van der Waals surface area contributed by atoms with Gasteiger partial charge in [-0.15, -0.1) is 0 Å². The summed E-state index contributed by atoms with van der Waals surface area (Å²) in [6, 6.07) is 11.1. The van der Waals surface area contributed by atoms with E-state index in [1.54, 1.807) is 18.2 Å². The zero-order chi connectivity index (χ0) is 17.7. The van der Waals surface area contributed by atoms with Gasteiger partial charge in [0.15, 0.2) is 5.52 Å². The molecule has 0 N–H and O–H groups in total. The van der Waals surface area contributed by atoms with Crippen molar-refractivity contribution in [2.24, 2.45) is 5.92 Å². The number of carbonyl (C=O) groups excluding carboxylic acids is 1. The van der Waals surface area contributed by atoms with Crippen LogP contribution in [-0.2, 0) is 0 Å². The molecular formula is C19H22ClLiO3P. The van der Waals surface area contributed by atoms with Gasteiger partial charge < -0.3 is 9.47 Å². The van der Waals surface area contributed by atoms with Crippen LogP contribution < -0.4 is 14.8 Å². The SMILES string of the molecule is COc1cccc(Cl)c1C(=O)Pc1ccc(OCC(C)C)cc1C.[Li].